The van der Waals surface area contributed by atoms with Crippen LogP contribution < -0.4 is 11.1 Å². The maximum Gasteiger partial charge on any atom is 0.255 e. The Hall–Kier alpha value is -1.75. The molecule has 1 amide bonds. The van der Waals surface area contributed by atoms with Gasteiger partial charge in [-0.15, -0.1) is 0 Å². The number of hydrogen-bond acceptors (Lipinski definition) is 3. The fourth-order valence-electron chi connectivity index (χ4n) is 1.63. The number of rotatable bonds is 3. The Morgan fingerprint density at radius 1 is 1.15 bits per heavy atom. The van der Waals surface area contributed by atoms with E-state index in [1.165, 1.54) is 12.1 Å². The third kappa shape index (κ3) is 3.22. The van der Waals surface area contributed by atoms with E-state index >= 15 is 0 Å². The van der Waals surface area contributed by atoms with Gasteiger partial charge in [0.25, 0.3) is 5.91 Å². The summed E-state index contributed by atoms with van der Waals surface area (Å²) in [6.07, 6.45) is 0. The predicted octanol–water partition coefficient (Wildman–Crippen LogP) is 3.41. The van der Waals surface area contributed by atoms with Crippen LogP contribution in [0.2, 0.25) is 10.0 Å². The molecule has 0 aliphatic heterocycles. The van der Waals surface area contributed by atoms with Crippen LogP contribution in [-0.4, -0.2) is 11.0 Å². The highest BCUT2D eigenvalue weighted by Crippen LogP contribution is 2.34. The van der Waals surface area contributed by atoms with E-state index in [1.54, 1.807) is 24.3 Å². The lowest BCUT2D eigenvalue weighted by Crippen LogP contribution is -2.12. The first kappa shape index (κ1) is 14.7. The molecule has 4 nitrogen and oxygen atoms in total. The van der Waals surface area contributed by atoms with Crippen molar-refractivity contribution in [1.82, 2.24) is 0 Å². The first-order valence-electron chi connectivity index (χ1n) is 5.79. The highest BCUT2D eigenvalue weighted by Gasteiger charge is 2.10. The summed E-state index contributed by atoms with van der Waals surface area (Å²) in [7, 11) is 0. The van der Waals surface area contributed by atoms with E-state index in [-0.39, 0.29) is 21.7 Å². The van der Waals surface area contributed by atoms with Gasteiger partial charge in [-0.3, -0.25) is 4.79 Å². The van der Waals surface area contributed by atoms with Gasteiger partial charge in [0.2, 0.25) is 0 Å². The van der Waals surface area contributed by atoms with Crippen LogP contribution in [0.1, 0.15) is 15.9 Å². The molecule has 0 saturated heterocycles. The smallest absolute Gasteiger partial charge is 0.255 e. The zero-order valence-electron chi connectivity index (χ0n) is 10.4. The molecule has 0 fully saturated rings. The molecule has 0 radical (unpaired) electrons. The summed E-state index contributed by atoms with van der Waals surface area (Å²) in [4.78, 5) is 12.0. The lowest BCUT2D eigenvalue weighted by Gasteiger charge is -2.08. The zero-order valence-corrected chi connectivity index (χ0v) is 11.9. The SMILES string of the molecule is NCc1ccc(C(=O)Nc2cc(Cl)c(O)c(Cl)c2)cc1. The number of phenolic OH excluding ortho intramolecular Hbond substituents is 1. The highest BCUT2D eigenvalue weighted by molar-refractivity contribution is 6.37. The summed E-state index contributed by atoms with van der Waals surface area (Å²) in [5, 5.41) is 12.3. The molecule has 20 heavy (non-hydrogen) atoms. The minimum Gasteiger partial charge on any atom is -0.505 e. The fraction of sp³-hybridized carbons (Fsp3) is 0.0714. The maximum absolute atomic E-state index is 12.0. The number of carbonyl (C=O) groups excluding carboxylic acids is 1. The third-order valence-electron chi connectivity index (χ3n) is 2.73. The van der Waals surface area contributed by atoms with Gasteiger partial charge in [0.15, 0.2) is 5.75 Å². The van der Waals surface area contributed by atoms with Crippen LogP contribution in [0.25, 0.3) is 0 Å². The maximum atomic E-state index is 12.0. The van der Waals surface area contributed by atoms with Crippen LogP contribution in [0.5, 0.6) is 5.75 Å². The average Bonchev–Trinajstić information content (AvgIpc) is 2.44. The van der Waals surface area contributed by atoms with Crippen LogP contribution in [0.15, 0.2) is 36.4 Å². The van der Waals surface area contributed by atoms with Crippen molar-refractivity contribution in [3.05, 3.63) is 57.6 Å². The summed E-state index contributed by atoms with van der Waals surface area (Å²) in [6, 6.07) is 9.78. The van der Waals surface area contributed by atoms with Gasteiger partial charge in [-0.2, -0.15) is 0 Å². The standard InChI is InChI=1S/C14H12Cl2N2O2/c15-11-5-10(6-12(16)13(11)19)18-14(20)9-3-1-8(7-17)2-4-9/h1-6,19H,7,17H2,(H,18,20). The molecule has 2 aromatic carbocycles. The van der Waals surface area contributed by atoms with E-state index in [1.807, 2.05) is 0 Å². The Labute approximate surface area is 126 Å². The number of phenols is 1. The molecule has 0 atom stereocenters. The van der Waals surface area contributed by atoms with Gasteiger partial charge >= 0.3 is 0 Å². The van der Waals surface area contributed by atoms with E-state index in [2.05, 4.69) is 5.32 Å². The molecule has 104 valence electrons. The molecule has 6 heteroatoms. The van der Waals surface area contributed by atoms with Crippen molar-refractivity contribution < 1.29 is 9.90 Å². The Bertz CT molecular complexity index is 619. The molecule has 2 rings (SSSR count). The molecule has 0 aliphatic carbocycles. The number of halogens is 2. The third-order valence-corrected chi connectivity index (χ3v) is 3.30. The topological polar surface area (TPSA) is 75.4 Å². The van der Waals surface area contributed by atoms with Crippen molar-refractivity contribution in [2.24, 2.45) is 5.73 Å². The molecule has 0 saturated carbocycles. The number of aromatic hydroxyl groups is 1. The van der Waals surface area contributed by atoms with E-state index in [9.17, 15) is 9.90 Å². The largest absolute Gasteiger partial charge is 0.505 e. The molecule has 4 N–H and O–H groups in total. The number of carbonyl (C=O) groups is 1. The summed E-state index contributed by atoms with van der Waals surface area (Å²) < 4.78 is 0. The number of nitrogens with one attached hydrogen (secondary N) is 1. The highest BCUT2D eigenvalue weighted by atomic mass is 35.5. The zero-order chi connectivity index (χ0) is 14.7. The molecular formula is C14H12Cl2N2O2. The second-order valence-corrected chi connectivity index (χ2v) is 4.96. The Morgan fingerprint density at radius 3 is 2.20 bits per heavy atom. The van der Waals surface area contributed by atoms with Gasteiger partial charge in [0.05, 0.1) is 10.0 Å². The number of anilines is 1. The van der Waals surface area contributed by atoms with Crippen LogP contribution in [0.4, 0.5) is 5.69 Å². The molecule has 0 spiro atoms. The normalized spacial score (nSPS) is 10.3. The van der Waals surface area contributed by atoms with Gasteiger partial charge in [0.1, 0.15) is 0 Å². The molecule has 0 heterocycles. The van der Waals surface area contributed by atoms with E-state index < -0.39 is 0 Å². The van der Waals surface area contributed by atoms with Gasteiger partial charge < -0.3 is 16.2 Å². The number of amides is 1. The van der Waals surface area contributed by atoms with Crippen molar-refractivity contribution in [3.8, 4) is 5.75 Å². The first-order chi connectivity index (χ1) is 9.51. The van der Waals surface area contributed by atoms with Crippen LogP contribution in [-0.2, 0) is 6.54 Å². The molecule has 0 unspecified atom stereocenters. The molecular weight excluding hydrogens is 299 g/mol. The minimum atomic E-state index is -0.300. The van der Waals surface area contributed by atoms with Gasteiger partial charge in [0, 0.05) is 17.8 Å². The van der Waals surface area contributed by atoms with E-state index in [4.69, 9.17) is 28.9 Å². The van der Waals surface area contributed by atoms with Crippen molar-refractivity contribution in [2.45, 2.75) is 6.54 Å². The Kier molecular flexibility index (Phi) is 4.49. The Balaban J connectivity index is 2.18. The number of nitrogens with two attached hydrogens (primary N) is 1. The van der Waals surface area contributed by atoms with Crippen LogP contribution in [0, 0.1) is 0 Å². The van der Waals surface area contributed by atoms with Gasteiger partial charge in [-0.1, -0.05) is 35.3 Å². The van der Waals surface area contributed by atoms with Gasteiger partial charge in [-0.25, -0.2) is 0 Å². The van der Waals surface area contributed by atoms with Crippen molar-refractivity contribution in [2.75, 3.05) is 5.32 Å². The van der Waals surface area contributed by atoms with Crippen molar-refractivity contribution >= 4 is 34.8 Å². The summed E-state index contributed by atoms with van der Waals surface area (Å²) in [6.45, 7) is 0.422. The van der Waals surface area contributed by atoms with Crippen molar-refractivity contribution in [3.63, 3.8) is 0 Å². The van der Waals surface area contributed by atoms with Gasteiger partial charge in [-0.05, 0) is 29.8 Å². The number of benzene rings is 2. The Morgan fingerprint density at radius 2 is 1.70 bits per heavy atom. The van der Waals surface area contributed by atoms with Crippen LogP contribution >= 0.6 is 23.2 Å². The van der Waals surface area contributed by atoms with E-state index in [0.29, 0.717) is 17.8 Å². The van der Waals surface area contributed by atoms with Crippen LogP contribution in [0.3, 0.4) is 0 Å². The first-order valence-corrected chi connectivity index (χ1v) is 6.55. The number of hydrogen-bond donors (Lipinski definition) is 3. The average molecular weight is 311 g/mol. The lowest BCUT2D eigenvalue weighted by molar-refractivity contribution is 0.102. The summed E-state index contributed by atoms with van der Waals surface area (Å²) >= 11 is 11.6. The second-order valence-electron chi connectivity index (χ2n) is 4.14. The molecule has 0 aliphatic rings. The van der Waals surface area contributed by atoms with E-state index in [0.717, 1.165) is 5.56 Å². The lowest BCUT2D eigenvalue weighted by atomic mass is 10.1. The molecule has 0 bridgehead atoms. The quantitative estimate of drug-likeness (QED) is 0.760. The fourth-order valence-corrected chi connectivity index (χ4v) is 2.12. The predicted molar refractivity (Wildman–Crippen MR) is 80.4 cm³/mol. The van der Waals surface area contributed by atoms with Crippen molar-refractivity contribution in [1.29, 1.82) is 0 Å². The monoisotopic (exact) mass is 310 g/mol. The summed E-state index contributed by atoms with van der Waals surface area (Å²) in [5.74, 6) is -0.509. The minimum absolute atomic E-state index is 0.0753. The second kappa shape index (κ2) is 6.13. The molecule has 0 aromatic heterocycles. The summed E-state index contributed by atoms with van der Waals surface area (Å²) in [5.41, 5.74) is 7.33. The molecule has 2 aromatic rings.